The third kappa shape index (κ3) is 4.44. The summed E-state index contributed by atoms with van der Waals surface area (Å²) >= 11 is 0. The molecule has 2 rings (SSSR count). The highest BCUT2D eigenvalue weighted by Gasteiger charge is 2.16. The van der Waals surface area contributed by atoms with E-state index in [4.69, 9.17) is 0 Å². The van der Waals surface area contributed by atoms with E-state index in [-0.39, 0.29) is 23.3 Å². The second-order valence-corrected chi connectivity index (χ2v) is 5.76. The molecule has 1 fully saturated rings. The van der Waals surface area contributed by atoms with Gasteiger partial charge in [-0.1, -0.05) is 38.5 Å². The molecule has 1 amide bonds. The summed E-state index contributed by atoms with van der Waals surface area (Å²) < 4.78 is 0. The third-order valence-electron chi connectivity index (χ3n) is 4.12. The molecular formula is C16H21N3O3. The monoisotopic (exact) mass is 303 g/mol. The van der Waals surface area contributed by atoms with Gasteiger partial charge in [-0.15, -0.1) is 9.81 Å². The fraction of sp³-hybridized carbons (Fsp3) is 0.562. The van der Waals surface area contributed by atoms with Gasteiger partial charge in [0.05, 0.1) is 0 Å². The molecule has 0 heterocycles. The summed E-state index contributed by atoms with van der Waals surface area (Å²) in [7, 11) is 0. The van der Waals surface area contributed by atoms with Crippen molar-refractivity contribution in [3.63, 3.8) is 0 Å². The van der Waals surface area contributed by atoms with Gasteiger partial charge in [0.2, 0.25) is 0 Å². The van der Waals surface area contributed by atoms with Crippen LogP contribution in [0, 0.1) is 9.81 Å². The molecule has 0 unspecified atom stereocenters. The maximum atomic E-state index is 12.3. The largest absolute Gasteiger partial charge is 0.349 e. The van der Waals surface area contributed by atoms with Crippen LogP contribution in [0.5, 0.6) is 0 Å². The minimum absolute atomic E-state index is 0.0472. The van der Waals surface area contributed by atoms with Crippen LogP contribution in [0.2, 0.25) is 0 Å². The van der Waals surface area contributed by atoms with E-state index in [1.807, 2.05) is 0 Å². The van der Waals surface area contributed by atoms with Gasteiger partial charge in [0.25, 0.3) is 5.91 Å². The van der Waals surface area contributed by atoms with Crippen LogP contribution in [-0.2, 0) is 0 Å². The highest BCUT2D eigenvalue weighted by atomic mass is 16.3. The van der Waals surface area contributed by atoms with Crippen molar-refractivity contribution in [1.29, 1.82) is 0 Å². The molecule has 6 nitrogen and oxygen atoms in total. The van der Waals surface area contributed by atoms with Gasteiger partial charge >= 0.3 is 0 Å². The Kier molecular flexibility index (Phi) is 6.18. The van der Waals surface area contributed by atoms with Crippen LogP contribution in [0.15, 0.2) is 28.6 Å². The number of benzene rings is 1. The van der Waals surface area contributed by atoms with Crippen LogP contribution in [0.25, 0.3) is 0 Å². The van der Waals surface area contributed by atoms with Crippen LogP contribution >= 0.6 is 0 Å². The molecule has 22 heavy (non-hydrogen) atoms. The van der Waals surface area contributed by atoms with Gasteiger partial charge in [-0.05, 0) is 41.4 Å². The van der Waals surface area contributed by atoms with Crippen molar-refractivity contribution < 1.29 is 4.79 Å². The fourth-order valence-electron chi connectivity index (χ4n) is 2.86. The fourth-order valence-corrected chi connectivity index (χ4v) is 2.86. The Morgan fingerprint density at radius 3 is 2.09 bits per heavy atom. The van der Waals surface area contributed by atoms with E-state index in [1.54, 1.807) is 0 Å². The lowest BCUT2D eigenvalue weighted by atomic mass is 10.0. The zero-order chi connectivity index (χ0) is 15.8. The van der Waals surface area contributed by atoms with Crippen LogP contribution in [0.1, 0.15) is 61.7 Å². The molecule has 0 atom stereocenters. The van der Waals surface area contributed by atoms with E-state index in [1.165, 1.54) is 43.9 Å². The SMILES string of the molecule is O=Nc1ccc(C(=O)NC2CCCCCCCC2)cc1N=O. The van der Waals surface area contributed by atoms with Gasteiger partial charge in [-0.25, -0.2) is 0 Å². The molecule has 0 saturated heterocycles. The van der Waals surface area contributed by atoms with Gasteiger partial charge in [0, 0.05) is 11.6 Å². The number of hydrogen-bond donors (Lipinski definition) is 1. The number of nitroso groups, excluding NO2 is 2. The Balaban J connectivity index is 2.03. The lowest BCUT2D eigenvalue weighted by molar-refractivity contribution is 0.0932. The maximum absolute atomic E-state index is 12.3. The molecule has 1 aromatic rings. The molecule has 1 aliphatic carbocycles. The Morgan fingerprint density at radius 2 is 1.50 bits per heavy atom. The molecule has 0 aromatic heterocycles. The summed E-state index contributed by atoms with van der Waals surface area (Å²) in [6.45, 7) is 0. The number of carbonyl (C=O) groups excluding carboxylic acids is 1. The number of nitrogens with one attached hydrogen (secondary N) is 1. The lowest BCUT2D eigenvalue weighted by Crippen LogP contribution is -2.34. The second-order valence-electron chi connectivity index (χ2n) is 5.76. The summed E-state index contributed by atoms with van der Waals surface area (Å²) in [4.78, 5) is 33.5. The first kappa shape index (κ1) is 16.3. The Labute approximate surface area is 129 Å². The number of amides is 1. The molecule has 1 N–H and O–H groups in total. The van der Waals surface area contributed by atoms with Crippen LogP contribution in [0.4, 0.5) is 11.4 Å². The highest BCUT2D eigenvalue weighted by molar-refractivity contribution is 5.96. The minimum Gasteiger partial charge on any atom is -0.349 e. The number of hydrogen-bond acceptors (Lipinski definition) is 5. The number of rotatable bonds is 4. The van der Waals surface area contributed by atoms with Crippen molar-refractivity contribution >= 4 is 17.3 Å². The van der Waals surface area contributed by atoms with Crippen LogP contribution in [0.3, 0.4) is 0 Å². The van der Waals surface area contributed by atoms with Gasteiger partial charge in [-0.2, -0.15) is 0 Å². The second kappa shape index (κ2) is 8.36. The maximum Gasteiger partial charge on any atom is 0.251 e. The molecule has 1 aliphatic rings. The van der Waals surface area contributed by atoms with Crippen molar-refractivity contribution in [3.8, 4) is 0 Å². The number of carbonyl (C=O) groups is 1. The normalized spacial score (nSPS) is 16.9. The zero-order valence-corrected chi connectivity index (χ0v) is 12.6. The van der Waals surface area contributed by atoms with Crippen LogP contribution < -0.4 is 5.32 Å². The molecule has 0 radical (unpaired) electrons. The Morgan fingerprint density at radius 1 is 0.909 bits per heavy atom. The summed E-state index contributed by atoms with van der Waals surface area (Å²) in [5.41, 5.74) is 0.188. The molecule has 0 aliphatic heterocycles. The molecule has 118 valence electrons. The topological polar surface area (TPSA) is 88.0 Å². The first-order valence-corrected chi connectivity index (χ1v) is 7.86. The van der Waals surface area contributed by atoms with Crippen molar-refractivity contribution in [2.45, 2.75) is 57.4 Å². The molecule has 0 spiro atoms. The third-order valence-corrected chi connectivity index (χ3v) is 4.12. The first-order valence-electron chi connectivity index (χ1n) is 7.86. The van der Waals surface area contributed by atoms with E-state index in [9.17, 15) is 14.6 Å². The van der Waals surface area contributed by atoms with Gasteiger partial charge in [0.15, 0.2) is 0 Å². The first-order chi connectivity index (χ1) is 10.7. The summed E-state index contributed by atoms with van der Waals surface area (Å²) in [5, 5.41) is 8.49. The Bertz CT molecular complexity index is 535. The zero-order valence-electron chi connectivity index (χ0n) is 12.6. The Hall–Kier alpha value is -2.11. The summed E-state index contributed by atoms with van der Waals surface area (Å²) in [5.74, 6) is -0.230. The smallest absolute Gasteiger partial charge is 0.251 e. The van der Waals surface area contributed by atoms with Crippen LogP contribution in [-0.4, -0.2) is 11.9 Å². The van der Waals surface area contributed by atoms with Gasteiger partial charge < -0.3 is 5.32 Å². The molecule has 6 heteroatoms. The molecular weight excluding hydrogens is 282 g/mol. The van der Waals surface area contributed by atoms with E-state index in [0.29, 0.717) is 5.56 Å². The van der Waals surface area contributed by atoms with E-state index in [0.717, 1.165) is 25.7 Å². The highest BCUT2D eigenvalue weighted by Crippen LogP contribution is 2.28. The average molecular weight is 303 g/mol. The van der Waals surface area contributed by atoms with Crippen molar-refractivity contribution in [1.82, 2.24) is 5.32 Å². The molecule has 1 saturated carbocycles. The van der Waals surface area contributed by atoms with E-state index >= 15 is 0 Å². The lowest BCUT2D eigenvalue weighted by Gasteiger charge is -2.18. The van der Waals surface area contributed by atoms with Gasteiger partial charge in [0.1, 0.15) is 11.4 Å². The summed E-state index contributed by atoms with van der Waals surface area (Å²) in [6.07, 6.45) is 9.19. The quantitative estimate of drug-likeness (QED) is 0.816. The van der Waals surface area contributed by atoms with Crippen molar-refractivity contribution in [2.24, 2.45) is 10.4 Å². The minimum atomic E-state index is -0.230. The standard InChI is InChI=1S/C16H21N3O3/c20-16(12-9-10-14(18-21)15(11-12)19-22)17-13-7-5-3-1-2-4-6-8-13/h9-11,13H,1-8H2,(H,17,20). The predicted octanol–water partition coefficient (Wildman–Crippen LogP) is 4.72. The molecule has 0 bridgehead atoms. The van der Waals surface area contributed by atoms with Crippen molar-refractivity contribution in [3.05, 3.63) is 33.6 Å². The van der Waals surface area contributed by atoms with Gasteiger partial charge in [-0.3, -0.25) is 4.79 Å². The number of nitrogens with zero attached hydrogens (tertiary/aromatic N) is 2. The van der Waals surface area contributed by atoms with E-state index in [2.05, 4.69) is 15.7 Å². The van der Waals surface area contributed by atoms with E-state index < -0.39 is 0 Å². The predicted molar refractivity (Wildman–Crippen MR) is 85.5 cm³/mol. The van der Waals surface area contributed by atoms with Crippen molar-refractivity contribution in [2.75, 3.05) is 0 Å². The molecule has 1 aromatic carbocycles. The summed E-state index contributed by atoms with van der Waals surface area (Å²) in [6, 6.07) is 4.33. The average Bonchev–Trinajstić information content (AvgIpc) is 2.68.